The van der Waals surface area contributed by atoms with E-state index in [4.69, 9.17) is 23.2 Å². The van der Waals surface area contributed by atoms with Crippen molar-refractivity contribution in [2.45, 2.75) is 0 Å². The molecule has 0 aliphatic rings. The Kier molecular flexibility index (Phi) is 2.88. The predicted octanol–water partition coefficient (Wildman–Crippen LogP) is 2.74. The van der Waals surface area contributed by atoms with Crippen LogP contribution in [0.15, 0.2) is 47.8 Å². The Hall–Kier alpha value is -2.44. The Bertz CT molecular complexity index is 1090. The van der Waals surface area contributed by atoms with Crippen molar-refractivity contribution in [2.75, 3.05) is 0 Å². The van der Waals surface area contributed by atoms with E-state index in [-0.39, 0.29) is 5.56 Å². The summed E-state index contributed by atoms with van der Waals surface area (Å²) in [7, 11) is 0. The van der Waals surface area contributed by atoms with Crippen molar-refractivity contribution in [3.8, 4) is 5.69 Å². The second kappa shape index (κ2) is 4.79. The molecule has 0 amide bonds. The van der Waals surface area contributed by atoms with Gasteiger partial charge in [-0.2, -0.15) is 14.6 Å². The molecule has 0 spiro atoms. The van der Waals surface area contributed by atoms with E-state index in [0.717, 1.165) is 0 Å². The predicted molar refractivity (Wildman–Crippen MR) is 83.9 cm³/mol. The van der Waals surface area contributed by atoms with Crippen molar-refractivity contribution in [1.82, 2.24) is 24.1 Å². The molecule has 0 fully saturated rings. The summed E-state index contributed by atoms with van der Waals surface area (Å²) in [5.41, 5.74) is 1.05. The van der Waals surface area contributed by atoms with Crippen molar-refractivity contribution in [1.29, 1.82) is 0 Å². The van der Waals surface area contributed by atoms with Gasteiger partial charge in [0.2, 0.25) is 0 Å². The molecular formula is C14H7Cl2N5O. The molecule has 0 saturated heterocycles. The van der Waals surface area contributed by atoms with Gasteiger partial charge in [-0.05, 0) is 24.3 Å². The number of nitrogens with zero attached hydrogens (tertiary/aromatic N) is 5. The summed E-state index contributed by atoms with van der Waals surface area (Å²) in [6.07, 6.45) is 4.55. The molecule has 0 aliphatic carbocycles. The molecule has 22 heavy (non-hydrogen) atoms. The van der Waals surface area contributed by atoms with Gasteiger partial charge in [0.15, 0.2) is 0 Å². The monoisotopic (exact) mass is 331 g/mol. The topological polar surface area (TPSA) is 65.1 Å². The normalized spacial score (nSPS) is 11.4. The molecule has 4 aromatic rings. The largest absolute Gasteiger partial charge is 0.284 e. The highest BCUT2D eigenvalue weighted by Crippen LogP contribution is 2.24. The number of hydrogen-bond acceptors (Lipinski definition) is 4. The summed E-state index contributed by atoms with van der Waals surface area (Å²) in [5.74, 6) is 0.444. The highest BCUT2D eigenvalue weighted by atomic mass is 35.5. The van der Waals surface area contributed by atoms with Gasteiger partial charge >= 0.3 is 0 Å². The van der Waals surface area contributed by atoms with Gasteiger partial charge in [0.25, 0.3) is 11.3 Å². The van der Waals surface area contributed by atoms with Gasteiger partial charge in [0, 0.05) is 12.4 Å². The molecule has 0 atom stereocenters. The van der Waals surface area contributed by atoms with E-state index in [1.165, 1.54) is 21.6 Å². The van der Waals surface area contributed by atoms with Crippen LogP contribution in [0, 0.1) is 0 Å². The molecule has 0 unspecified atom stereocenters. The number of pyridine rings is 1. The summed E-state index contributed by atoms with van der Waals surface area (Å²) < 4.78 is 3.00. The van der Waals surface area contributed by atoms with E-state index in [2.05, 4.69) is 15.1 Å². The summed E-state index contributed by atoms with van der Waals surface area (Å²) in [5, 5.41) is 5.33. The Morgan fingerprint density at radius 3 is 2.73 bits per heavy atom. The van der Waals surface area contributed by atoms with Gasteiger partial charge in [-0.25, -0.2) is 4.98 Å². The Morgan fingerprint density at radius 2 is 1.91 bits per heavy atom. The number of aromatic nitrogens is 5. The van der Waals surface area contributed by atoms with Gasteiger partial charge in [0.05, 0.1) is 26.6 Å². The van der Waals surface area contributed by atoms with Crippen molar-refractivity contribution >= 4 is 39.9 Å². The highest BCUT2D eigenvalue weighted by Gasteiger charge is 2.10. The van der Waals surface area contributed by atoms with Crippen LogP contribution >= 0.6 is 23.2 Å². The smallest absolute Gasteiger partial charge is 0.266 e. The zero-order valence-corrected chi connectivity index (χ0v) is 12.5. The average molecular weight is 332 g/mol. The lowest BCUT2D eigenvalue weighted by molar-refractivity contribution is 0.958. The number of fused-ring (bicyclic) bond motifs is 3. The molecule has 0 radical (unpaired) electrons. The van der Waals surface area contributed by atoms with E-state index >= 15 is 0 Å². The van der Waals surface area contributed by atoms with Gasteiger partial charge in [-0.3, -0.25) is 9.36 Å². The minimum absolute atomic E-state index is 0.221. The van der Waals surface area contributed by atoms with Crippen LogP contribution in [0.2, 0.25) is 10.0 Å². The average Bonchev–Trinajstić information content (AvgIpc) is 2.99. The first-order valence-electron chi connectivity index (χ1n) is 6.31. The van der Waals surface area contributed by atoms with Crippen molar-refractivity contribution in [3.63, 3.8) is 0 Å². The van der Waals surface area contributed by atoms with Crippen molar-refractivity contribution < 1.29 is 0 Å². The van der Waals surface area contributed by atoms with E-state index in [0.29, 0.717) is 32.4 Å². The molecule has 6 nitrogen and oxygen atoms in total. The van der Waals surface area contributed by atoms with E-state index in [1.54, 1.807) is 30.5 Å². The number of hydrogen-bond donors (Lipinski definition) is 0. The molecule has 3 aromatic heterocycles. The first-order valence-corrected chi connectivity index (χ1v) is 7.06. The number of benzene rings is 1. The second-order valence-corrected chi connectivity index (χ2v) is 5.43. The minimum Gasteiger partial charge on any atom is -0.284 e. The molecular weight excluding hydrogens is 325 g/mol. The first-order chi connectivity index (χ1) is 10.6. The lowest BCUT2D eigenvalue weighted by Crippen LogP contribution is -2.18. The van der Waals surface area contributed by atoms with Crippen LogP contribution in [-0.2, 0) is 0 Å². The van der Waals surface area contributed by atoms with Crippen LogP contribution in [0.3, 0.4) is 0 Å². The second-order valence-electron chi connectivity index (χ2n) is 4.62. The molecule has 108 valence electrons. The third-order valence-electron chi connectivity index (χ3n) is 3.36. The van der Waals surface area contributed by atoms with Crippen LogP contribution in [0.1, 0.15) is 0 Å². The van der Waals surface area contributed by atoms with Crippen LogP contribution in [0.25, 0.3) is 22.4 Å². The third kappa shape index (κ3) is 1.88. The molecule has 0 N–H and O–H groups in total. The SMILES string of the molecule is O=c1c2cnc3ncnn3c2ccn1-c1ccc(Cl)c(Cl)c1. The zero-order chi connectivity index (χ0) is 15.3. The van der Waals surface area contributed by atoms with Crippen LogP contribution < -0.4 is 5.56 Å². The number of rotatable bonds is 1. The molecule has 4 rings (SSSR count). The molecule has 0 bridgehead atoms. The fourth-order valence-corrected chi connectivity index (χ4v) is 2.59. The summed E-state index contributed by atoms with van der Waals surface area (Å²) in [6, 6.07) is 6.79. The van der Waals surface area contributed by atoms with Gasteiger partial charge < -0.3 is 0 Å². The Balaban J connectivity index is 2.03. The molecule has 8 heteroatoms. The van der Waals surface area contributed by atoms with E-state index in [1.807, 2.05) is 0 Å². The Morgan fingerprint density at radius 1 is 1.05 bits per heavy atom. The maximum absolute atomic E-state index is 12.7. The van der Waals surface area contributed by atoms with E-state index < -0.39 is 0 Å². The maximum atomic E-state index is 12.7. The minimum atomic E-state index is -0.221. The molecule has 1 aromatic carbocycles. The lowest BCUT2D eigenvalue weighted by atomic mass is 10.2. The molecule has 0 aliphatic heterocycles. The third-order valence-corrected chi connectivity index (χ3v) is 4.09. The van der Waals surface area contributed by atoms with Gasteiger partial charge in [-0.1, -0.05) is 23.2 Å². The first kappa shape index (κ1) is 13.2. The zero-order valence-electron chi connectivity index (χ0n) is 10.9. The highest BCUT2D eigenvalue weighted by molar-refractivity contribution is 6.42. The van der Waals surface area contributed by atoms with E-state index in [9.17, 15) is 4.79 Å². The summed E-state index contributed by atoms with van der Waals surface area (Å²) >= 11 is 11.9. The van der Waals surface area contributed by atoms with Crippen LogP contribution in [0.4, 0.5) is 0 Å². The maximum Gasteiger partial charge on any atom is 0.266 e. The van der Waals surface area contributed by atoms with Gasteiger partial charge in [0.1, 0.15) is 6.33 Å². The molecule has 3 heterocycles. The standard InChI is InChI=1S/C14H7Cl2N5O/c15-10-2-1-8(5-11(10)16)20-4-3-12-9(13(20)22)6-17-14-18-7-19-21(12)14/h1-7H. The fourth-order valence-electron chi connectivity index (χ4n) is 2.30. The van der Waals surface area contributed by atoms with Gasteiger partial charge in [-0.15, -0.1) is 0 Å². The number of halogens is 2. The quantitative estimate of drug-likeness (QED) is 0.538. The van der Waals surface area contributed by atoms with Crippen molar-refractivity contribution in [3.05, 3.63) is 63.4 Å². The molecule has 0 saturated carbocycles. The van der Waals surface area contributed by atoms with Crippen molar-refractivity contribution in [2.24, 2.45) is 0 Å². The summed E-state index contributed by atoms with van der Waals surface area (Å²) in [4.78, 5) is 20.8. The lowest BCUT2D eigenvalue weighted by Gasteiger charge is -2.08. The van der Waals surface area contributed by atoms with Crippen LogP contribution in [-0.4, -0.2) is 24.1 Å². The van der Waals surface area contributed by atoms with Crippen LogP contribution in [0.5, 0.6) is 0 Å². The summed E-state index contributed by atoms with van der Waals surface area (Å²) in [6.45, 7) is 0. The Labute approximate surface area is 133 Å². The fraction of sp³-hybridized carbons (Fsp3) is 0.